The molecule has 0 aromatic rings. The maximum absolute atomic E-state index is 9.02. The van der Waals surface area contributed by atoms with Crippen molar-refractivity contribution in [3.05, 3.63) is 0 Å². The molecule has 0 spiro atoms. The van der Waals surface area contributed by atoms with E-state index in [1.165, 1.54) is 20.8 Å². The first-order chi connectivity index (χ1) is 4.95. The number of aliphatic hydroxyl groups excluding tert-OH is 3. The summed E-state index contributed by atoms with van der Waals surface area (Å²) in [6.45, 7) is 4.47. The van der Waals surface area contributed by atoms with Gasteiger partial charge in [-0.15, -0.1) is 0 Å². The summed E-state index contributed by atoms with van der Waals surface area (Å²) in [5.41, 5.74) is 2.47. The van der Waals surface area contributed by atoms with Crippen LogP contribution in [0.2, 0.25) is 0 Å². The van der Waals surface area contributed by atoms with Crippen molar-refractivity contribution in [2.45, 2.75) is 39.5 Å². The number of hydrazine groups is 1. The monoisotopic (exact) mass is 164 g/mol. The van der Waals surface area contributed by atoms with Crippen molar-refractivity contribution < 1.29 is 15.3 Å². The second-order valence-corrected chi connectivity index (χ2v) is 2.48. The van der Waals surface area contributed by atoms with Gasteiger partial charge in [-0.2, -0.15) is 5.01 Å². The van der Waals surface area contributed by atoms with Crippen molar-refractivity contribution in [3.63, 3.8) is 0 Å². The van der Waals surface area contributed by atoms with Crippen molar-refractivity contribution >= 4 is 0 Å². The van der Waals surface area contributed by atoms with E-state index in [1.54, 1.807) is 0 Å². The van der Waals surface area contributed by atoms with Gasteiger partial charge in [0.15, 0.2) is 0 Å². The van der Waals surface area contributed by atoms with Crippen molar-refractivity contribution in [1.29, 1.82) is 0 Å². The van der Waals surface area contributed by atoms with Crippen LogP contribution < -0.4 is 5.43 Å². The maximum atomic E-state index is 9.02. The van der Waals surface area contributed by atoms with Gasteiger partial charge >= 0.3 is 0 Å². The lowest BCUT2D eigenvalue weighted by Crippen LogP contribution is -2.52. The molecular formula is C6H16N2O3. The second-order valence-electron chi connectivity index (χ2n) is 2.48. The maximum Gasteiger partial charge on any atom is 0.119 e. The molecule has 0 rings (SSSR count). The molecule has 0 bridgehead atoms. The van der Waals surface area contributed by atoms with Gasteiger partial charge in [-0.1, -0.05) is 0 Å². The summed E-state index contributed by atoms with van der Waals surface area (Å²) < 4.78 is 0. The smallest absolute Gasteiger partial charge is 0.119 e. The van der Waals surface area contributed by atoms with Crippen LogP contribution in [-0.2, 0) is 0 Å². The highest BCUT2D eigenvalue weighted by Gasteiger charge is 2.16. The first-order valence-electron chi connectivity index (χ1n) is 3.54. The molecule has 0 aromatic heterocycles. The third kappa shape index (κ3) is 4.28. The lowest BCUT2D eigenvalue weighted by Gasteiger charge is -2.29. The van der Waals surface area contributed by atoms with Gasteiger partial charge in [0, 0.05) is 0 Å². The van der Waals surface area contributed by atoms with E-state index in [1.807, 2.05) is 0 Å². The number of nitrogens with zero attached hydrogens (tertiary/aromatic N) is 1. The number of nitrogens with one attached hydrogen (secondary N) is 1. The third-order valence-electron chi connectivity index (χ3n) is 1.14. The first kappa shape index (κ1) is 10.8. The molecule has 0 aliphatic heterocycles. The second kappa shape index (κ2) is 4.63. The van der Waals surface area contributed by atoms with Crippen LogP contribution in [0.5, 0.6) is 0 Å². The molecule has 0 heterocycles. The molecule has 0 aromatic carbocycles. The lowest BCUT2D eigenvalue weighted by molar-refractivity contribution is -0.142. The molecule has 4 N–H and O–H groups in total. The van der Waals surface area contributed by atoms with E-state index >= 15 is 0 Å². The zero-order chi connectivity index (χ0) is 9.02. The van der Waals surface area contributed by atoms with Crippen molar-refractivity contribution in [1.82, 2.24) is 10.4 Å². The minimum Gasteiger partial charge on any atom is -0.378 e. The predicted molar refractivity (Wildman–Crippen MR) is 40.0 cm³/mol. The Morgan fingerprint density at radius 2 is 1.36 bits per heavy atom. The molecule has 5 heteroatoms. The standard InChI is InChI=1S/C6H16N2O3/c1-4(9)7-8(5(2)10)6(3)11/h4-7,9-11H,1-3H3. The SMILES string of the molecule is CC(O)NN(C(C)O)C(C)O. The number of rotatable bonds is 4. The highest BCUT2D eigenvalue weighted by molar-refractivity contribution is 4.53. The summed E-state index contributed by atoms with van der Waals surface area (Å²) in [4.78, 5) is 0. The molecule has 3 unspecified atom stereocenters. The fourth-order valence-corrected chi connectivity index (χ4v) is 0.744. The van der Waals surface area contributed by atoms with Gasteiger partial charge in [0.1, 0.15) is 18.7 Å². The van der Waals surface area contributed by atoms with Gasteiger partial charge in [0.2, 0.25) is 0 Å². The van der Waals surface area contributed by atoms with Gasteiger partial charge in [0.25, 0.3) is 0 Å². The minimum absolute atomic E-state index is 0.792. The molecule has 68 valence electrons. The molecule has 0 fully saturated rings. The molecule has 5 nitrogen and oxygen atoms in total. The van der Waals surface area contributed by atoms with Crippen LogP contribution in [0.3, 0.4) is 0 Å². The quantitative estimate of drug-likeness (QED) is 0.310. The third-order valence-corrected chi connectivity index (χ3v) is 1.14. The Balaban J connectivity index is 3.90. The highest BCUT2D eigenvalue weighted by Crippen LogP contribution is 1.96. The molecule has 0 radical (unpaired) electrons. The average molecular weight is 164 g/mol. The Kier molecular flexibility index (Phi) is 4.55. The Hall–Kier alpha value is -0.200. The molecule has 0 saturated heterocycles. The van der Waals surface area contributed by atoms with E-state index in [9.17, 15) is 0 Å². The summed E-state index contributed by atoms with van der Waals surface area (Å²) >= 11 is 0. The Morgan fingerprint density at radius 3 is 1.45 bits per heavy atom. The number of hydrogen-bond acceptors (Lipinski definition) is 5. The van der Waals surface area contributed by atoms with Crippen LogP contribution in [0.4, 0.5) is 0 Å². The van der Waals surface area contributed by atoms with E-state index in [0.29, 0.717) is 0 Å². The summed E-state index contributed by atoms with van der Waals surface area (Å²) in [6, 6.07) is 0. The van der Waals surface area contributed by atoms with Crippen molar-refractivity contribution in [2.75, 3.05) is 0 Å². The van der Waals surface area contributed by atoms with Crippen molar-refractivity contribution in [2.24, 2.45) is 0 Å². The van der Waals surface area contributed by atoms with E-state index in [-0.39, 0.29) is 0 Å². The molecule has 0 amide bonds. The van der Waals surface area contributed by atoms with Crippen LogP contribution in [0.15, 0.2) is 0 Å². The number of hydrogen-bond donors (Lipinski definition) is 4. The fourth-order valence-electron chi connectivity index (χ4n) is 0.744. The lowest BCUT2D eigenvalue weighted by atomic mass is 10.5. The van der Waals surface area contributed by atoms with E-state index in [2.05, 4.69) is 5.43 Å². The van der Waals surface area contributed by atoms with Gasteiger partial charge in [-0.05, 0) is 20.8 Å². The zero-order valence-electron chi connectivity index (χ0n) is 7.02. The topological polar surface area (TPSA) is 76.0 Å². The molecule has 0 aliphatic carbocycles. The van der Waals surface area contributed by atoms with Crippen LogP contribution in [0.1, 0.15) is 20.8 Å². The van der Waals surface area contributed by atoms with Gasteiger partial charge in [-0.3, -0.25) is 0 Å². The minimum atomic E-state index is -0.843. The summed E-state index contributed by atoms with van der Waals surface area (Å²) in [5.74, 6) is 0. The largest absolute Gasteiger partial charge is 0.378 e. The summed E-state index contributed by atoms with van der Waals surface area (Å²) in [5, 5.41) is 28.0. The first-order valence-corrected chi connectivity index (χ1v) is 3.54. The summed E-state index contributed by atoms with van der Waals surface area (Å²) in [7, 11) is 0. The highest BCUT2D eigenvalue weighted by atomic mass is 16.3. The normalized spacial score (nSPS) is 19.9. The molecule has 3 atom stereocenters. The molecule has 0 aliphatic rings. The van der Waals surface area contributed by atoms with E-state index in [0.717, 1.165) is 5.01 Å². The Bertz CT molecular complexity index is 98.0. The van der Waals surface area contributed by atoms with Crippen LogP contribution >= 0.6 is 0 Å². The van der Waals surface area contributed by atoms with E-state index < -0.39 is 18.7 Å². The predicted octanol–water partition coefficient (Wildman–Crippen LogP) is -1.19. The zero-order valence-corrected chi connectivity index (χ0v) is 7.02. The number of aliphatic hydroxyl groups is 3. The van der Waals surface area contributed by atoms with Gasteiger partial charge in [0.05, 0.1) is 0 Å². The average Bonchev–Trinajstić information content (AvgIpc) is 1.81. The Labute approximate surface area is 66.2 Å². The summed E-state index contributed by atoms with van der Waals surface area (Å²) in [6.07, 6.45) is -2.48. The van der Waals surface area contributed by atoms with Crippen LogP contribution in [-0.4, -0.2) is 39.0 Å². The fraction of sp³-hybridized carbons (Fsp3) is 1.00. The van der Waals surface area contributed by atoms with Gasteiger partial charge < -0.3 is 15.3 Å². The van der Waals surface area contributed by atoms with Crippen molar-refractivity contribution in [3.8, 4) is 0 Å². The molecule has 0 saturated carbocycles. The molecule has 11 heavy (non-hydrogen) atoms. The van der Waals surface area contributed by atoms with E-state index in [4.69, 9.17) is 15.3 Å². The van der Waals surface area contributed by atoms with Crippen LogP contribution in [0, 0.1) is 0 Å². The molecular weight excluding hydrogens is 148 g/mol. The van der Waals surface area contributed by atoms with Crippen LogP contribution in [0.25, 0.3) is 0 Å². The van der Waals surface area contributed by atoms with Gasteiger partial charge in [-0.25, -0.2) is 5.43 Å². The Morgan fingerprint density at radius 1 is 1.00 bits per heavy atom.